The van der Waals surface area contributed by atoms with E-state index in [1.807, 2.05) is 23.7 Å². The summed E-state index contributed by atoms with van der Waals surface area (Å²) in [6.07, 6.45) is 2.31. The van der Waals surface area contributed by atoms with Gasteiger partial charge in [0.25, 0.3) is 0 Å². The van der Waals surface area contributed by atoms with Gasteiger partial charge in [-0.3, -0.25) is 0 Å². The minimum Gasteiger partial charge on any atom is -0.378 e. The first-order valence-corrected chi connectivity index (χ1v) is 8.17. The van der Waals surface area contributed by atoms with Crippen molar-refractivity contribution in [3.8, 4) is 0 Å². The highest BCUT2D eigenvalue weighted by Gasteiger charge is 2.10. The predicted octanol–water partition coefficient (Wildman–Crippen LogP) is 3.50. The molecule has 4 nitrogen and oxygen atoms in total. The second-order valence-electron chi connectivity index (χ2n) is 5.11. The summed E-state index contributed by atoms with van der Waals surface area (Å²) in [5.41, 5.74) is 8.42. The Hall–Kier alpha value is -1.63. The highest BCUT2D eigenvalue weighted by Crippen LogP contribution is 2.24. The molecule has 0 bridgehead atoms. The number of alkyl halides is 1. The second-order valence-corrected chi connectivity index (χ2v) is 6.53. The number of halogens is 2. The van der Waals surface area contributed by atoms with Crippen LogP contribution in [0.25, 0.3) is 5.52 Å². The van der Waals surface area contributed by atoms with E-state index in [1.54, 1.807) is 21.9 Å². The van der Waals surface area contributed by atoms with Gasteiger partial charge in [-0.05, 0) is 29.5 Å². The molecule has 0 aromatic carbocycles. The summed E-state index contributed by atoms with van der Waals surface area (Å²) in [5, 5.41) is 10.1. The average Bonchev–Trinajstić information content (AvgIpc) is 3.13. The van der Waals surface area contributed by atoms with Crippen LogP contribution in [0.5, 0.6) is 0 Å². The van der Waals surface area contributed by atoms with Gasteiger partial charge in [-0.15, -0.1) is 11.3 Å². The van der Waals surface area contributed by atoms with E-state index in [0.29, 0.717) is 11.6 Å². The van der Waals surface area contributed by atoms with Crippen LogP contribution in [0.3, 0.4) is 0 Å². The molecular weight excluding hydrogens is 323 g/mol. The fourth-order valence-corrected chi connectivity index (χ4v) is 3.16. The minimum atomic E-state index is -0.538. The summed E-state index contributed by atoms with van der Waals surface area (Å²) in [6.45, 7) is 0.183. The molecule has 1 atom stereocenters. The van der Waals surface area contributed by atoms with E-state index in [2.05, 4.69) is 16.5 Å². The van der Waals surface area contributed by atoms with Crippen LogP contribution < -0.4 is 11.1 Å². The predicted molar refractivity (Wildman–Crippen MR) is 89.5 cm³/mol. The summed E-state index contributed by atoms with van der Waals surface area (Å²) < 4.78 is 14.3. The maximum Gasteiger partial charge on any atom is 0.152 e. The minimum absolute atomic E-state index is 0.401. The van der Waals surface area contributed by atoms with Crippen LogP contribution in [0.4, 0.5) is 10.1 Å². The van der Waals surface area contributed by atoms with Gasteiger partial charge in [0.05, 0.1) is 11.2 Å². The normalized spacial score (nSPS) is 12.7. The molecule has 0 unspecified atom stereocenters. The molecule has 3 aromatic heterocycles. The molecule has 0 aliphatic carbocycles. The molecule has 3 aromatic rings. The van der Waals surface area contributed by atoms with Crippen molar-refractivity contribution in [1.82, 2.24) is 9.61 Å². The third-order valence-corrected chi connectivity index (χ3v) is 4.39. The lowest BCUT2D eigenvalue weighted by Crippen LogP contribution is -2.24. The Kier molecular flexibility index (Phi) is 4.61. The lowest BCUT2D eigenvalue weighted by molar-refractivity contribution is 0.427. The molecule has 116 valence electrons. The van der Waals surface area contributed by atoms with Crippen molar-refractivity contribution < 1.29 is 4.39 Å². The standard InChI is InChI=1S/C15H16ClFN4S/c16-15-6-13(19-8-12-2-1-3-22-12)14-5-10(4-11(18)7-17)9-21(14)20-15/h1-3,5-6,9,11,19H,4,7-8,18H2/t11-/m1/s1. The van der Waals surface area contributed by atoms with Crippen LogP contribution >= 0.6 is 22.9 Å². The Labute approximate surface area is 136 Å². The first-order chi connectivity index (χ1) is 10.7. The molecule has 0 saturated carbocycles. The Morgan fingerprint density at radius 3 is 3.05 bits per heavy atom. The molecule has 0 amide bonds. The van der Waals surface area contributed by atoms with Crippen LogP contribution in [0.2, 0.25) is 5.15 Å². The van der Waals surface area contributed by atoms with Crippen LogP contribution in [0, 0.1) is 0 Å². The van der Waals surface area contributed by atoms with Gasteiger partial charge in [0.1, 0.15) is 6.67 Å². The molecule has 0 aliphatic rings. The number of thiophene rings is 1. The van der Waals surface area contributed by atoms with Crippen molar-refractivity contribution in [3.05, 3.63) is 51.4 Å². The third kappa shape index (κ3) is 3.40. The van der Waals surface area contributed by atoms with Crippen molar-refractivity contribution >= 4 is 34.1 Å². The van der Waals surface area contributed by atoms with Crippen molar-refractivity contribution in [2.24, 2.45) is 5.73 Å². The lowest BCUT2D eigenvalue weighted by atomic mass is 10.1. The molecule has 0 spiro atoms. The van der Waals surface area contributed by atoms with Crippen molar-refractivity contribution in [3.63, 3.8) is 0 Å². The third-order valence-electron chi connectivity index (χ3n) is 3.33. The van der Waals surface area contributed by atoms with E-state index < -0.39 is 12.7 Å². The number of fused-ring (bicyclic) bond motifs is 1. The summed E-state index contributed by atoms with van der Waals surface area (Å²) in [6, 6.07) is 7.36. The van der Waals surface area contributed by atoms with Gasteiger partial charge < -0.3 is 11.1 Å². The summed E-state index contributed by atoms with van der Waals surface area (Å²) in [7, 11) is 0. The zero-order valence-electron chi connectivity index (χ0n) is 11.8. The van der Waals surface area contributed by atoms with E-state index in [-0.39, 0.29) is 0 Å². The fraction of sp³-hybridized carbons (Fsp3) is 0.267. The first-order valence-electron chi connectivity index (χ1n) is 6.91. The number of nitrogens with two attached hydrogens (primary N) is 1. The Bertz CT molecular complexity index is 756. The van der Waals surface area contributed by atoms with Crippen LogP contribution in [0.1, 0.15) is 10.4 Å². The smallest absolute Gasteiger partial charge is 0.152 e. The van der Waals surface area contributed by atoms with Crippen molar-refractivity contribution in [1.29, 1.82) is 0 Å². The summed E-state index contributed by atoms with van der Waals surface area (Å²) in [5.74, 6) is 0. The van der Waals surface area contributed by atoms with Gasteiger partial charge in [-0.25, -0.2) is 8.91 Å². The van der Waals surface area contributed by atoms with Gasteiger partial charge >= 0.3 is 0 Å². The van der Waals surface area contributed by atoms with E-state index >= 15 is 0 Å². The maximum atomic E-state index is 12.6. The second kappa shape index (κ2) is 6.64. The van der Waals surface area contributed by atoms with Gasteiger partial charge in [-0.1, -0.05) is 17.7 Å². The maximum absolute atomic E-state index is 12.6. The molecule has 3 rings (SSSR count). The van der Waals surface area contributed by atoms with Crippen LogP contribution in [-0.2, 0) is 13.0 Å². The molecule has 3 heterocycles. The molecule has 22 heavy (non-hydrogen) atoms. The van der Waals surface area contributed by atoms with Gasteiger partial charge in [0, 0.05) is 29.7 Å². The number of rotatable bonds is 6. The van der Waals surface area contributed by atoms with Crippen molar-refractivity contribution in [2.75, 3.05) is 12.0 Å². The van der Waals surface area contributed by atoms with E-state index in [9.17, 15) is 4.39 Å². The molecule has 7 heteroatoms. The Morgan fingerprint density at radius 1 is 1.45 bits per heavy atom. The molecule has 3 N–H and O–H groups in total. The van der Waals surface area contributed by atoms with E-state index in [4.69, 9.17) is 17.3 Å². The Balaban J connectivity index is 1.87. The SMILES string of the molecule is N[C@@H](CF)Cc1cc2c(NCc3cccs3)cc(Cl)nn2c1. The summed E-state index contributed by atoms with van der Waals surface area (Å²) in [4.78, 5) is 1.23. The number of aromatic nitrogens is 2. The zero-order valence-corrected chi connectivity index (χ0v) is 13.4. The molecule has 0 saturated heterocycles. The van der Waals surface area contributed by atoms with E-state index in [1.165, 1.54) is 4.88 Å². The highest BCUT2D eigenvalue weighted by molar-refractivity contribution is 7.09. The molecule has 0 aliphatic heterocycles. The topological polar surface area (TPSA) is 55.3 Å². The average molecular weight is 339 g/mol. The monoisotopic (exact) mass is 338 g/mol. The molecule has 0 radical (unpaired) electrons. The van der Waals surface area contributed by atoms with Crippen LogP contribution in [-0.4, -0.2) is 22.3 Å². The number of anilines is 1. The number of hydrogen-bond donors (Lipinski definition) is 2. The Morgan fingerprint density at radius 2 is 2.32 bits per heavy atom. The number of nitrogens with zero attached hydrogens (tertiary/aromatic N) is 2. The molecular formula is C15H16ClFN4S. The van der Waals surface area contributed by atoms with E-state index in [0.717, 1.165) is 23.3 Å². The number of nitrogens with one attached hydrogen (secondary N) is 1. The quantitative estimate of drug-likeness (QED) is 0.723. The largest absolute Gasteiger partial charge is 0.378 e. The lowest BCUT2D eigenvalue weighted by Gasteiger charge is -2.07. The highest BCUT2D eigenvalue weighted by atomic mass is 35.5. The zero-order chi connectivity index (χ0) is 15.5. The van der Waals surface area contributed by atoms with Gasteiger partial charge in [0.2, 0.25) is 0 Å². The fourth-order valence-electron chi connectivity index (χ4n) is 2.32. The van der Waals surface area contributed by atoms with Gasteiger partial charge in [0.15, 0.2) is 5.15 Å². The summed E-state index contributed by atoms with van der Waals surface area (Å²) >= 11 is 7.76. The van der Waals surface area contributed by atoms with Gasteiger partial charge in [-0.2, -0.15) is 5.10 Å². The van der Waals surface area contributed by atoms with Crippen molar-refractivity contribution in [2.45, 2.75) is 19.0 Å². The molecule has 0 fully saturated rings. The number of hydrogen-bond acceptors (Lipinski definition) is 4. The first kappa shape index (κ1) is 15.3. The van der Waals surface area contributed by atoms with Crippen LogP contribution in [0.15, 0.2) is 35.8 Å².